The summed E-state index contributed by atoms with van der Waals surface area (Å²) in [5, 5.41) is 0. The quantitative estimate of drug-likeness (QED) is 0.753. The van der Waals surface area contributed by atoms with E-state index in [2.05, 4.69) is 0 Å². The van der Waals surface area contributed by atoms with Crippen LogP contribution in [-0.4, -0.2) is 29.6 Å². The second-order valence-electron chi connectivity index (χ2n) is 3.87. The van der Waals surface area contributed by atoms with E-state index < -0.39 is 17.7 Å². The van der Waals surface area contributed by atoms with Crippen molar-refractivity contribution in [2.75, 3.05) is 13.2 Å². The van der Waals surface area contributed by atoms with E-state index in [1.807, 2.05) is 30.3 Å². The van der Waals surface area contributed by atoms with Crippen molar-refractivity contribution in [3.05, 3.63) is 35.9 Å². The molecule has 2 fully saturated rings. The lowest BCUT2D eigenvalue weighted by molar-refractivity contribution is -0.263. The van der Waals surface area contributed by atoms with Crippen molar-refractivity contribution in [1.29, 1.82) is 0 Å². The van der Waals surface area contributed by atoms with Gasteiger partial charge in [0, 0.05) is 5.56 Å². The minimum Gasteiger partial charge on any atom is -0.346 e. The predicted octanol–water partition coefficient (Wildman–Crippen LogP) is 1.09. The summed E-state index contributed by atoms with van der Waals surface area (Å²) >= 11 is -1.67. The van der Waals surface area contributed by atoms with E-state index >= 15 is 0 Å². The first kappa shape index (κ1) is 11.3. The van der Waals surface area contributed by atoms with E-state index in [0.717, 1.165) is 5.56 Å². The standard InChI is InChI=1S/C11H12O5S/c12-17-14-7-9-10(16-17)6-13-11(15-9)8-4-2-1-3-5-8/h1-5,9-11H,6-7H2/t9-,10-,11?,17?/m0/s1. The van der Waals surface area contributed by atoms with Crippen LogP contribution >= 0.6 is 0 Å². The minimum absolute atomic E-state index is 0.230. The fourth-order valence-corrected chi connectivity index (χ4v) is 2.53. The van der Waals surface area contributed by atoms with Crippen LogP contribution in [0.15, 0.2) is 30.3 Å². The molecule has 2 aliphatic rings. The summed E-state index contributed by atoms with van der Waals surface area (Å²) in [5.41, 5.74) is 0.956. The third kappa shape index (κ3) is 2.41. The van der Waals surface area contributed by atoms with E-state index in [1.54, 1.807) is 0 Å². The van der Waals surface area contributed by atoms with Crippen LogP contribution in [0.1, 0.15) is 11.9 Å². The lowest BCUT2D eigenvalue weighted by Crippen LogP contribution is -2.48. The molecule has 0 bridgehead atoms. The number of fused-ring (bicyclic) bond motifs is 1. The van der Waals surface area contributed by atoms with Crippen LogP contribution in [-0.2, 0) is 29.2 Å². The zero-order valence-electron chi connectivity index (χ0n) is 8.98. The molecule has 92 valence electrons. The Morgan fingerprint density at radius 2 is 1.94 bits per heavy atom. The Morgan fingerprint density at radius 3 is 2.76 bits per heavy atom. The second-order valence-corrected chi connectivity index (χ2v) is 4.71. The molecule has 4 atom stereocenters. The van der Waals surface area contributed by atoms with Gasteiger partial charge in [0.1, 0.15) is 12.2 Å². The molecule has 0 spiro atoms. The molecule has 0 radical (unpaired) electrons. The van der Waals surface area contributed by atoms with Crippen molar-refractivity contribution in [3.8, 4) is 0 Å². The van der Waals surface area contributed by atoms with Gasteiger partial charge in [-0.1, -0.05) is 30.3 Å². The van der Waals surface area contributed by atoms with Gasteiger partial charge in [-0.25, -0.2) is 0 Å². The van der Waals surface area contributed by atoms with Gasteiger partial charge < -0.3 is 9.47 Å². The third-order valence-electron chi connectivity index (χ3n) is 2.73. The van der Waals surface area contributed by atoms with Gasteiger partial charge in [-0.15, -0.1) is 0 Å². The third-order valence-corrected chi connectivity index (χ3v) is 3.46. The van der Waals surface area contributed by atoms with Crippen LogP contribution in [0.25, 0.3) is 0 Å². The second kappa shape index (κ2) is 4.83. The highest BCUT2D eigenvalue weighted by molar-refractivity contribution is 7.75. The number of benzene rings is 1. The molecule has 0 aromatic heterocycles. The molecule has 3 rings (SSSR count). The molecule has 1 aromatic carbocycles. The summed E-state index contributed by atoms with van der Waals surface area (Å²) in [6, 6.07) is 9.67. The van der Waals surface area contributed by atoms with Crippen LogP contribution in [0.4, 0.5) is 0 Å². The number of hydrogen-bond donors (Lipinski definition) is 0. The average molecular weight is 256 g/mol. The fraction of sp³-hybridized carbons (Fsp3) is 0.455. The van der Waals surface area contributed by atoms with Gasteiger partial charge in [-0.05, 0) is 0 Å². The highest BCUT2D eigenvalue weighted by Crippen LogP contribution is 2.29. The number of ether oxygens (including phenoxy) is 2. The molecule has 0 saturated carbocycles. The lowest BCUT2D eigenvalue weighted by atomic mass is 10.1. The maximum Gasteiger partial charge on any atom is 0.305 e. The first-order valence-corrected chi connectivity index (χ1v) is 6.37. The van der Waals surface area contributed by atoms with Crippen molar-refractivity contribution >= 4 is 11.4 Å². The molecular formula is C11H12O5S. The number of rotatable bonds is 1. The van der Waals surface area contributed by atoms with Crippen molar-refractivity contribution in [2.24, 2.45) is 0 Å². The normalized spacial score (nSPS) is 37.4. The monoisotopic (exact) mass is 256 g/mol. The van der Waals surface area contributed by atoms with Gasteiger partial charge in [-0.2, -0.15) is 4.21 Å². The first-order valence-electron chi connectivity index (χ1n) is 5.37. The van der Waals surface area contributed by atoms with E-state index in [-0.39, 0.29) is 18.8 Å². The van der Waals surface area contributed by atoms with Crippen molar-refractivity contribution in [1.82, 2.24) is 0 Å². The number of hydrogen-bond acceptors (Lipinski definition) is 5. The summed E-state index contributed by atoms with van der Waals surface area (Å²) in [7, 11) is 0. The minimum atomic E-state index is -1.67. The molecule has 2 saturated heterocycles. The summed E-state index contributed by atoms with van der Waals surface area (Å²) < 4.78 is 32.3. The summed E-state index contributed by atoms with van der Waals surface area (Å²) in [6.07, 6.45) is -0.951. The van der Waals surface area contributed by atoms with Crippen molar-refractivity contribution < 1.29 is 22.0 Å². The topological polar surface area (TPSA) is 54.0 Å². The van der Waals surface area contributed by atoms with Crippen LogP contribution in [0.5, 0.6) is 0 Å². The van der Waals surface area contributed by atoms with Gasteiger partial charge in [0.2, 0.25) is 0 Å². The molecule has 17 heavy (non-hydrogen) atoms. The maximum atomic E-state index is 11.0. The Kier molecular flexibility index (Phi) is 3.21. The zero-order valence-corrected chi connectivity index (χ0v) is 9.80. The Morgan fingerprint density at radius 1 is 1.12 bits per heavy atom. The molecule has 2 aliphatic heterocycles. The molecule has 0 N–H and O–H groups in total. The molecule has 5 nitrogen and oxygen atoms in total. The van der Waals surface area contributed by atoms with Gasteiger partial charge in [0.05, 0.1) is 13.2 Å². The maximum absolute atomic E-state index is 11.0. The van der Waals surface area contributed by atoms with E-state index in [0.29, 0.717) is 6.61 Å². The average Bonchev–Trinajstić information content (AvgIpc) is 2.39. The van der Waals surface area contributed by atoms with E-state index in [9.17, 15) is 4.21 Å². The molecule has 6 heteroatoms. The van der Waals surface area contributed by atoms with Crippen molar-refractivity contribution in [3.63, 3.8) is 0 Å². The van der Waals surface area contributed by atoms with Gasteiger partial charge in [0.15, 0.2) is 6.29 Å². The smallest absolute Gasteiger partial charge is 0.305 e. The Bertz CT molecular complexity index is 410. The van der Waals surface area contributed by atoms with Crippen LogP contribution < -0.4 is 0 Å². The molecule has 1 aromatic rings. The van der Waals surface area contributed by atoms with Crippen molar-refractivity contribution in [2.45, 2.75) is 18.5 Å². The SMILES string of the molecule is O=S1OC[C@@H]2OC(c3ccccc3)OC[C@@H]2O1. The first-order chi connectivity index (χ1) is 8.33. The highest BCUT2D eigenvalue weighted by Gasteiger charge is 2.38. The molecule has 0 amide bonds. The molecular weight excluding hydrogens is 244 g/mol. The Hall–Kier alpha value is -0.790. The lowest BCUT2D eigenvalue weighted by Gasteiger charge is -2.37. The summed E-state index contributed by atoms with van der Waals surface area (Å²) in [5.74, 6) is 0. The van der Waals surface area contributed by atoms with E-state index in [4.69, 9.17) is 17.8 Å². The highest BCUT2D eigenvalue weighted by atomic mass is 32.2. The fourth-order valence-electron chi connectivity index (χ4n) is 1.85. The zero-order chi connectivity index (χ0) is 11.7. The Labute approximate surface area is 101 Å². The van der Waals surface area contributed by atoms with Gasteiger partial charge in [-0.3, -0.25) is 8.37 Å². The molecule has 2 unspecified atom stereocenters. The van der Waals surface area contributed by atoms with Gasteiger partial charge in [0.25, 0.3) is 0 Å². The Balaban J connectivity index is 1.70. The van der Waals surface area contributed by atoms with Crippen LogP contribution in [0.2, 0.25) is 0 Å². The van der Waals surface area contributed by atoms with Crippen LogP contribution in [0, 0.1) is 0 Å². The summed E-state index contributed by atoms with van der Waals surface area (Å²) in [4.78, 5) is 0. The van der Waals surface area contributed by atoms with Crippen LogP contribution in [0.3, 0.4) is 0 Å². The molecule has 2 heterocycles. The largest absolute Gasteiger partial charge is 0.346 e. The molecule has 0 aliphatic carbocycles. The summed E-state index contributed by atoms with van der Waals surface area (Å²) in [6.45, 7) is 0.628. The van der Waals surface area contributed by atoms with Gasteiger partial charge >= 0.3 is 11.4 Å². The van der Waals surface area contributed by atoms with E-state index in [1.165, 1.54) is 0 Å². The predicted molar refractivity (Wildman–Crippen MR) is 59.0 cm³/mol.